The normalized spacial score (nSPS) is 14.6. The fraction of sp³-hybridized carbons (Fsp3) is 0.583. The van der Waals surface area contributed by atoms with Gasteiger partial charge in [-0.05, 0) is 51.7 Å². The van der Waals surface area contributed by atoms with E-state index in [-0.39, 0.29) is 42.5 Å². The quantitative estimate of drug-likeness (QED) is 0.582. The first-order chi connectivity index (χ1) is 15.4. The van der Waals surface area contributed by atoms with Crippen LogP contribution in [0.3, 0.4) is 0 Å². The molecule has 8 heteroatoms. The Kier molecular flexibility index (Phi) is 8.25. The van der Waals surface area contributed by atoms with Crippen molar-refractivity contribution in [1.82, 2.24) is 19.8 Å². The van der Waals surface area contributed by atoms with E-state index in [1.165, 1.54) is 15.6 Å². The third-order valence-corrected chi connectivity index (χ3v) is 5.89. The molecule has 32 heavy (non-hydrogen) atoms. The van der Waals surface area contributed by atoms with Crippen LogP contribution < -0.4 is 21.9 Å². The number of nitrogens with zero attached hydrogens (tertiary/aromatic N) is 2. The molecule has 2 aromatic rings. The molecule has 1 aliphatic rings. The average molecular weight is 443 g/mol. The molecule has 1 saturated carbocycles. The summed E-state index contributed by atoms with van der Waals surface area (Å²) < 4.78 is 2.58. The fourth-order valence-corrected chi connectivity index (χ4v) is 4.33. The summed E-state index contributed by atoms with van der Waals surface area (Å²) in [5.74, 6) is -0.248. The predicted molar refractivity (Wildman–Crippen MR) is 125 cm³/mol. The highest BCUT2D eigenvalue weighted by Crippen LogP contribution is 2.17. The van der Waals surface area contributed by atoms with Gasteiger partial charge in [-0.2, -0.15) is 0 Å². The summed E-state index contributed by atoms with van der Waals surface area (Å²) in [7, 11) is 0. The summed E-state index contributed by atoms with van der Waals surface area (Å²) in [4.78, 5) is 50.6. The van der Waals surface area contributed by atoms with Crippen LogP contribution in [0.2, 0.25) is 0 Å². The maximum Gasteiger partial charge on any atom is 0.331 e. The van der Waals surface area contributed by atoms with E-state index >= 15 is 0 Å². The van der Waals surface area contributed by atoms with Gasteiger partial charge >= 0.3 is 5.69 Å². The van der Waals surface area contributed by atoms with Crippen molar-refractivity contribution in [2.75, 3.05) is 0 Å². The molecule has 0 unspecified atom stereocenters. The van der Waals surface area contributed by atoms with Gasteiger partial charge in [0.2, 0.25) is 11.8 Å². The Morgan fingerprint density at radius 1 is 1.00 bits per heavy atom. The first-order valence-corrected chi connectivity index (χ1v) is 11.7. The lowest BCUT2D eigenvalue weighted by molar-refractivity contribution is -0.123. The number of unbranched alkanes of at least 4 members (excludes halogenated alkanes) is 1. The standard InChI is InChI=1S/C24H34N4O4/c1-17(2)25-21(29)14-8-9-15-27-23(31)19-12-6-7-13-20(19)28(24(27)32)16-22(30)26-18-10-4-3-5-11-18/h6-7,12-13,17-18H,3-5,8-11,14-16H2,1-2H3,(H,25,29)(H,26,30). The van der Waals surface area contributed by atoms with Crippen molar-refractivity contribution >= 4 is 22.7 Å². The number of benzene rings is 1. The van der Waals surface area contributed by atoms with Crippen molar-refractivity contribution in [1.29, 1.82) is 0 Å². The minimum absolute atomic E-state index is 0.0392. The molecule has 0 bridgehead atoms. The second-order valence-electron chi connectivity index (χ2n) is 8.92. The molecule has 2 amide bonds. The lowest BCUT2D eigenvalue weighted by Gasteiger charge is -2.23. The van der Waals surface area contributed by atoms with Gasteiger partial charge in [-0.25, -0.2) is 4.79 Å². The van der Waals surface area contributed by atoms with Gasteiger partial charge in [-0.15, -0.1) is 0 Å². The van der Waals surface area contributed by atoms with Gasteiger partial charge in [0.15, 0.2) is 0 Å². The number of carbonyl (C=O) groups excluding carboxylic acids is 2. The molecular weight excluding hydrogens is 408 g/mol. The Hall–Kier alpha value is -2.90. The second-order valence-corrected chi connectivity index (χ2v) is 8.92. The largest absolute Gasteiger partial charge is 0.354 e. The minimum Gasteiger partial charge on any atom is -0.354 e. The zero-order valence-corrected chi connectivity index (χ0v) is 19.1. The van der Waals surface area contributed by atoms with Crippen LogP contribution >= 0.6 is 0 Å². The van der Waals surface area contributed by atoms with Crippen molar-refractivity contribution in [3.05, 3.63) is 45.1 Å². The second kappa shape index (κ2) is 11.1. The van der Waals surface area contributed by atoms with Gasteiger partial charge in [0.1, 0.15) is 6.54 Å². The van der Waals surface area contributed by atoms with Crippen molar-refractivity contribution < 1.29 is 9.59 Å². The van der Waals surface area contributed by atoms with E-state index in [2.05, 4.69) is 10.6 Å². The van der Waals surface area contributed by atoms with Crippen LogP contribution in [0.4, 0.5) is 0 Å². The summed E-state index contributed by atoms with van der Waals surface area (Å²) >= 11 is 0. The summed E-state index contributed by atoms with van der Waals surface area (Å²) in [6.45, 7) is 3.90. The van der Waals surface area contributed by atoms with Gasteiger partial charge in [-0.3, -0.25) is 23.5 Å². The van der Waals surface area contributed by atoms with Crippen LogP contribution in [0, 0.1) is 0 Å². The average Bonchev–Trinajstić information content (AvgIpc) is 2.76. The molecule has 0 aliphatic heterocycles. The molecular formula is C24H34N4O4. The number of nitrogens with one attached hydrogen (secondary N) is 2. The summed E-state index contributed by atoms with van der Waals surface area (Å²) in [5.41, 5.74) is -0.380. The molecule has 8 nitrogen and oxygen atoms in total. The topological polar surface area (TPSA) is 102 Å². The molecule has 0 atom stereocenters. The van der Waals surface area contributed by atoms with Crippen LogP contribution in [0.5, 0.6) is 0 Å². The number of amides is 2. The van der Waals surface area contributed by atoms with Gasteiger partial charge in [-0.1, -0.05) is 31.4 Å². The van der Waals surface area contributed by atoms with Gasteiger partial charge in [0.05, 0.1) is 10.9 Å². The molecule has 0 radical (unpaired) electrons. The maximum atomic E-state index is 13.2. The number of hydrogen-bond donors (Lipinski definition) is 2. The van der Waals surface area contributed by atoms with Crippen molar-refractivity contribution in [2.24, 2.45) is 0 Å². The highest BCUT2D eigenvalue weighted by Gasteiger charge is 2.19. The lowest BCUT2D eigenvalue weighted by atomic mass is 9.95. The molecule has 3 rings (SSSR count). The molecule has 1 aromatic carbocycles. The molecule has 1 heterocycles. The zero-order valence-electron chi connectivity index (χ0n) is 19.1. The summed E-state index contributed by atoms with van der Waals surface area (Å²) in [6, 6.07) is 7.13. The zero-order chi connectivity index (χ0) is 23.1. The van der Waals surface area contributed by atoms with E-state index in [0.717, 1.165) is 25.7 Å². The van der Waals surface area contributed by atoms with Crippen LogP contribution in [-0.4, -0.2) is 33.0 Å². The number of fused-ring (bicyclic) bond motifs is 1. The van der Waals surface area contributed by atoms with E-state index in [0.29, 0.717) is 30.2 Å². The number of aromatic nitrogens is 2. The maximum absolute atomic E-state index is 13.2. The van der Waals surface area contributed by atoms with Gasteiger partial charge in [0.25, 0.3) is 5.56 Å². The van der Waals surface area contributed by atoms with Gasteiger partial charge in [0, 0.05) is 25.0 Å². The minimum atomic E-state index is -0.487. The third kappa shape index (κ3) is 6.08. The van der Waals surface area contributed by atoms with Crippen LogP contribution in [0.1, 0.15) is 65.2 Å². The van der Waals surface area contributed by atoms with Crippen molar-refractivity contribution in [2.45, 2.75) is 90.4 Å². The first-order valence-electron chi connectivity index (χ1n) is 11.7. The molecule has 0 saturated heterocycles. The molecule has 1 aromatic heterocycles. The van der Waals surface area contributed by atoms with Crippen LogP contribution in [0.15, 0.2) is 33.9 Å². The van der Waals surface area contributed by atoms with E-state index in [9.17, 15) is 19.2 Å². The molecule has 1 fully saturated rings. The van der Waals surface area contributed by atoms with Crippen molar-refractivity contribution in [3.8, 4) is 0 Å². The Bertz CT molecular complexity index is 1060. The summed E-state index contributed by atoms with van der Waals surface area (Å²) in [6.07, 6.45) is 6.77. The summed E-state index contributed by atoms with van der Waals surface area (Å²) in [5, 5.41) is 6.29. The monoisotopic (exact) mass is 442 g/mol. The van der Waals surface area contributed by atoms with Crippen molar-refractivity contribution in [3.63, 3.8) is 0 Å². The number of rotatable bonds is 9. The Labute approximate surface area is 188 Å². The van der Waals surface area contributed by atoms with E-state index in [1.807, 2.05) is 13.8 Å². The van der Waals surface area contributed by atoms with Gasteiger partial charge < -0.3 is 10.6 Å². The highest BCUT2D eigenvalue weighted by atomic mass is 16.2. The fourth-order valence-electron chi connectivity index (χ4n) is 4.33. The smallest absolute Gasteiger partial charge is 0.331 e. The molecule has 2 N–H and O–H groups in total. The lowest BCUT2D eigenvalue weighted by Crippen LogP contribution is -2.44. The van der Waals surface area contributed by atoms with E-state index in [4.69, 9.17) is 0 Å². The highest BCUT2D eigenvalue weighted by molar-refractivity contribution is 5.81. The molecule has 174 valence electrons. The first kappa shape index (κ1) is 23.8. The third-order valence-electron chi connectivity index (χ3n) is 5.89. The van der Waals surface area contributed by atoms with Crippen LogP contribution in [-0.2, 0) is 22.7 Å². The van der Waals surface area contributed by atoms with Crippen LogP contribution in [0.25, 0.3) is 10.9 Å². The predicted octanol–water partition coefficient (Wildman–Crippen LogP) is 2.31. The Morgan fingerprint density at radius 2 is 1.72 bits per heavy atom. The molecule has 1 aliphatic carbocycles. The van der Waals surface area contributed by atoms with E-state index < -0.39 is 5.69 Å². The Balaban J connectivity index is 1.77. The molecule has 0 spiro atoms. The Morgan fingerprint density at radius 3 is 2.44 bits per heavy atom. The number of carbonyl (C=O) groups is 2. The number of hydrogen-bond acceptors (Lipinski definition) is 4. The van der Waals surface area contributed by atoms with E-state index in [1.54, 1.807) is 24.3 Å². The number of para-hydroxylation sites is 1. The SMILES string of the molecule is CC(C)NC(=O)CCCCn1c(=O)c2ccccc2n(CC(=O)NC2CCCCC2)c1=O.